The Morgan fingerprint density at radius 3 is 2.55 bits per heavy atom. The maximum absolute atomic E-state index is 12.1. The molecule has 0 spiro atoms. The van der Waals surface area contributed by atoms with Crippen LogP contribution in [0.1, 0.15) is 23.6 Å². The van der Waals surface area contributed by atoms with Crippen LogP contribution in [0.3, 0.4) is 0 Å². The summed E-state index contributed by atoms with van der Waals surface area (Å²) in [4.78, 5) is 12.1. The van der Waals surface area contributed by atoms with Crippen molar-refractivity contribution >= 4 is 11.6 Å². The summed E-state index contributed by atoms with van der Waals surface area (Å²) in [7, 11) is 0. The van der Waals surface area contributed by atoms with Gasteiger partial charge in [-0.05, 0) is 43.0 Å². The van der Waals surface area contributed by atoms with Crippen LogP contribution in [0.2, 0.25) is 0 Å². The summed E-state index contributed by atoms with van der Waals surface area (Å²) in [5.41, 5.74) is 4.53. The van der Waals surface area contributed by atoms with Gasteiger partial charge in [0.15, 0.2) is 0 Å². The smallest absolute Gasteiger partial charge is 0.238 e. The molecular weight excluding hydrogens is 272 g/mol. The van der Waals surface area contributed by atoms with E-state index in [0.29, 0.717) is 6.54 Å². The number of hydrogen-bond acceptors (Lipinski definition) is 2. The number of nitrogens with one attached hydrogen (secondary N) is 2. The Bertz CT molecular complexity index is 608. The fourth-order valence-electron chi connectivity index (χ4n) is 2.46. The van der Waals surface area contributed by atoms with Gasteiger partial charge in [0.25, 0.3) is 0 Å². The third kappa shape index (κ3) is 4.71. The highest BCUT2D eigenvalue weighted by atomic mass is 16.1. The van der Waals surface area contributed by atoms with E-state index in [1.165, 1.54) is 11.1 Å². The highest BCUT2D eigenvalue weighted by molar-refractivity contribution is 5.93. The van der Waals surface area contributed by atoms with Crippen LogP contribution in [0.15, 0.2) is 48.5 Å². The lowest BCUT2D eigenvalue weighted by Crippen LogP contribution is -2.30. The number of rotatable bonds is 7. The van der Waals surface area contributed by atoms with E-state index < -0.39 is 0 Å². The van der Waals surface area contributed by atoms with Crippen LogP contribution in [-0.2, 0) is 17.6 Å². The molecule has 0 heterocycles. The van der Waals surface area contributed by atoms with E-state index in [4.69, 9.17) is 0 Å². The zero-order valence-electron chi connectivity index (χ0n) is 13.4. The first kappa shape index (κ1) is 16.2. The number of amides is 1. The van der Waals surface area contributed by atoms with Crippen LogP contribution in [0.25, 0.3) is 0 Å². The maximum Gasteiger partial charge on any atom is 0.238 e. The molecule has 116 valence electrons. The highest BCUT2D eigenvalue weighted by Crippen LogP contribution is 2.20. The molecule has 2 aromatic carbocycles. The Kier molecular flexibility index (Phi) is 6.16. The predicted molar refractivity (Wildman–Crippen MR) is 92.2 cm³/mol. The Labute approximate surface area is 132 Å². The maximum atomic E-state index is 12.1. The van der Waals surface area contributed by atoms with Crippen LogP contribution in [0.5, 0.6) is 0 Å². The van der Waals surface area contributed by atoms with E-state index >= 15 is 0 Å². The first-order valence-electron chi connectivity index (χ1n) is 7.83. The van der Waals surface area contributed by atoms with E-state index in [1.807, 2.05) is 37.3 Å². The third-order valence-corrected chi connectivity index (χ3v) is 3.72. The van der Waals surface area contributed by atoms with Crippen LogP contribution >= 0.6 is 0 Å². The minimum atomic E-state index is 0.0112. The van der Waals surface area contributed by atoms with Gasteiger partial charge in [0, 0.05) is 5.69 Å². The molecule has 1 amide bonds. The van der Waals surface area contributed by atoms with Crippen molar-refractivity contribution in [3.63, 3.8) is 0 Å². The number of anilines is 1. The summed E-state index contributed by atoms with van der Waals surface area (Å²) in [6.07, 6.45) is 1.84. The van der Waals surface area contributed by atoms with Crippen molar-refractivity contribution in [3.05, 3.63) is 65.2 Å². The molecule has 3 heteroatoms. The molecule has 0 bridgehead atoms. The minimum absolute atomic E-state index is 0.0112. The number of para-hydroxylation sites is 1. The third-order valence-electron chi connectivity index (χ3n) is 3.72. The van der Waals surface area contributed by atoms with Gasteiger partial charge in [-0.3, -0.25) is 4.79 Å². The van der Waals surface area contributed by atoms with Crippen molar-refractivity contribution in [1.82, 2.24) is 5.32 Å². The van der Waals surface area contributed by atoms with Crippen molar-refractivity contribution in [2.75, 3.05) is 18.4 Å². The first-order valence-corrected chi connectivity index (χ1v) is 7.83. The van der Waals surface area contributed by atoms with Crippen molar-refractivity contribution < 1.29 is 4.79 Å². The SMILES string of the molecule is CCc1cccc(C)c1NC(=O)CNCCc1ccccc1. The summed E-state index contributed by atoms with van der Waals surface area (Å²) in [5, 5.41) is 6.23. The summed E-state index contributed by atoms with van der Waals surface area (Å²) in [6.45, 7) is 5.26. The standard InChI is InChI=1S/C19H24N2O/c1-3-17-11-7-8-15(2)19(17)21-18(22)14-20-13-12-16-9-5-4-6-10-16/h4-11,20H,3,12-14H2,1-2H3,(H,21,22). The van der Waals surface area contributed by atoms with Gasteiger partial charge in [0.2, 0.25) is 5.91 Å². The highest BCUT2D eigenvalue weighted by Gasteiger charge is 2.08. The molecule has 0 fully saturated rings. The number of carbonyl (C=O) groups excluding carboxylic acids is 1. The molecule has 2 rings (SSSR count). The van der Waals surface area contributed by atoms with Gasteiger partial charge in [0.1, 0.15) is 0 Å². The fraction of sp³-hybridized carbons (Fsp3) is 0.316. The zero-order chi connectivity index (χ0) is 15.8. The largest absolute Gasteiger partial charge is 0.324 e. The average molecular weight is 296 g/mol. The molecule has 0 saturated heterocycles. The molecule has 0 radical (unpaired) electrons. The van der Waals surface area contributed by atoms with Gasteiger partial charge in [-0.2, -0.15) is 0 Å². The Morgan fingerprint density at radius 1 is 1.05 bits per heavy atom. The van der Waals surface area contributed by atoms with E-state index in [0.717, 1.165) is 30.6 Å². The number of benzene rings is 2. The topological polar surface area (TPSA) is 41.1 Å². The Morgan fingerprint density at radius 2 is 1.82 bits per heavy atom. The molecule has 0 atom stereocenters. The predicted octanol–water partition coefficient (Wildman–Crippen LogP) is 3.33. The molecule has 0 aliphatic heterocycles. The molecule has 0 aromatic heterocycles. The molecule has 2 aromatic rings. The van der Waals surface area contributed by atoms with Crippen molar-refractivity contribution in [1.29, 1.82) is 0 Å². The number of hydrogen-bond donors (Lipinski definition) is 2. The fourth-order valence-corrected chi connectivity index (χ4v) is 2.46. The van der Waals surface area contributed by atoms with Crippen LogP contribution < -0.4 is 10.6 Å². The second-order valence-electron chi connectivity index (χ2n) is 5.42. The van der Waals surface area contributed by atoms with E-state index in [-0.39, 0.29) is 5.91 Å². The summed E-state index contributed by atoms with van der Waals surface area (Å²) in [6, 6.07) is 16.4. The molecule has 3 nitrogen and oxygen atoms in total. The molecule has 0 aliphatic rings. The molecule has 0 unspecified atom stereocenters. The minimum Gasteiger partial charge on any atom is -0.324 e. The van der Waals surface area contributed by atoms with Crippen LogP contribution in [-0.4, -0.2) is 19.0 Å². The van der Waals surface area contributed by atoms with Crippen LogP contribution in [0, 0.1) is 6.92 Å². The van der Waals surface area contributed by atoms with E-state index in [9.17, 15) is 4.79 Å². The monoisotopic (exact) mass is 296 g/mol. The van der Waals surface area contributed by atoms with Gasteiger partial charge >= 0.3 is 0 Å². The van der Waals surface area contributed by atoms with E-state index in [1.54, 1.807) is 0 Å². The van der Waals surface area contributed by atoms with Gasteiger partial charge in [-0.1, -0.05) is 55.5 Å². The average Bonchev–Trinajstić information content (AvgIpc) is 2.54. The van der Waals surface area contributed by atoms with Gasteiger partial charge in [0.05, 0.1) is 6.54 Å². The second kappa shape index (κ2) is 8.35. The van der Waals surface area contributed by atoms with Crippen molar-refractivity contribution in [2.24, 2.45) is 0 Å². The van der Waals surface area contributed by atoms with Crippen molar-refractivity contribution in [3.8, 4) is 0 Å². The normalized spacial score (nSPS) is 10.5. The number of aryl methyl sites for hydroxylation is 2. The van der Waals surface area contributed by atoms with Gasteiger partial charge in [-0.25, -0.2) is 0 Å². The summed E-state index contributed by atoms with van der Waals surface area (Å²) >= 11 is 0. The quantitative estimate of drug-likeness (QED) is 0.770. The van der Waals surface area contributed by atoms with E-state index in [2.05, 4.69) is 35.8 Å². The molecule has 0 saturated carbocycles. The second-order valence-corrected chi connectivity index (χ2v) is 5.42. The van der Waals surface area contributed by atoms with Gasteiger partial charge < -0.3 is 10.6 Å². The lowest BCUT2D eigenvalue weighted by atomic mass is 10.1. The lowest BCUT2D eigenvalue weighted by molar-refractivity contribution is -0.115. The Balaban J connectivity index is 1.79. The zero-order valence-corrected chi connectivity index (χ0v) is 13.4. The number of carbonyl (C=O) groups is 1. The van der Waals surface area contributed by atoms with Crippen molar-refractivity contribution in [2.45, 2.75) is 26.7 Å². The summed E-state index contributed by atoms with van der Waals surface area (Å²) in [5.74, 6) is 0.0112. The Hall–Kier alpha value is -2.13. The van der Waals surface area contributed by atoms with Crippen LogP contribution in [0.4, 0.5) is 5.69 Å². The molecule has 0 aliphatic carbocycles. The first-order chi connectivity index (χ1) is 10.7. The molecular formula is C19H24N2O. The van der Waals surface area contributed by atoms with Gasteiger partial charge in [-0.15, -0.1) is 0 Å². The lowest BCUT2D eigenvalue weighted by Gasteiger charge is -2.13. The molecule has 22 heavy (non-hydrogen) atoms. The molecule has 2 N–H and O–H groups in total. The summed E-state index contributed by atoms with van der Waals surface area (Å²) < 4.78 is 0.